The summed E-state index contributed by atoms with van der Waals surface area (Å²) in [4.78, 5) is 4.25. The van der Waals surface area contributed by atoms with Crippen molar-refractivity contribution in [3.8, 4) is 0 Å². The van der Waals surface area contributed by atoms with Crippen molar-refractivity contribution in [2.45, 2.75) is 18.9 Å². The van der Waals surface area contributed by atoms with Gasteiger partial charge in [-0.1, -0.05) is 12.1 Å². The Kier molecular flexibility index (Phi) is 2.82. The van der Waals surface area contributed by atoms with Gasteiger partial charge in [0.05, 0.1) is 11.7 Å². The predicted molar refractivity (Wildman–Crippen MR) is 57.8 cm³/mol. The second-order valence-electron chi connectivity index (χ2n) is 3.46. The van der Waals surface area contributed by atoms with Crippen LogP contribution in [0.2, 0.25) is 0 Å². The number of hydrogen-bond acceptors (Lipinski definition) is 2. The number of rotatable bonds is 2. The van der Waals surface area contributed by atoms with E-state index in [1.807, 2.05) is 0 Å². The normalized spacial score (nSPS) is 16.3. The van der Waals surface area contributed by atoms with Crippen molar-refractivity contribution in [1.29, 1.82) is 0 Å². The molecule has 80 valence electrons. The summed E-state index contributed by atoms with van der Waals surface area (Å²) in [5, 5.41) is 2.81. The van der Waals surface area contributed by atoms with Crippen molar-refractivity contribution < 1.29 is 4.39 Å². The highest BCUT2D eigenvalue weighted by atomic mass is 19.1. The zero-order chi connectivity index (χ0) is 10.7. The van der Waals surface area contributed by atoms with Gasteiger partial charge in [0.25, 0.3) is 0 Å². The summed E-state index contributed by atoms with van der Waals surface area (Å²) in [5.74, 6) is 5.36. The third kappa shape index (κ3) is 2.66. The summed E-state index contributed by atoms with van der Waals surface area (Å²) in [6.07, 6.45) is 2.15. The molecular formula is C10H13FN4. The number of nitrogens with zero attached hydrogens (tertiary/aromatic N) is 1. The summed E-state index contributed by atoms with van der Waals surface area (Å²) in [7, 11) is 0. The zero-order valence-electron chi connectivity index (χ0n) is 8.20. The largest absolute Gasteiger partial charge is 0.323 e. The van der Waals surface area contributed by atoms with Gasteiger partial charge in [0, 0.05) is 0 Å². The van der Waals surface area contributed by atoms with E-state index in [2.05, 4.69) is 15.7 Å². The number of hydrazine groups is 1. The highest BCUT2D eigenvalue weighted by Gasteiger charge is 2.21. The Balaban J connectivity index is 2.09. The second-order valence-corrected chi connectivity index (χ2v) is 3.46. The van der Waals surface area contributed by atoms with Gasteiger partial charge in [-0.3, -0.25) is 5.43 Å². The number of para-hydroxylation sites is 1. The van der Waals surface area contributed by atoms with Gasteiger partial charge in [-0.2, -0.15) is 0 Å². The maximum Gasteiger partial charge on any atom is 0.210 e. The van der Waals surface area contributed by atoms with Crippen LogP contribution < -0.4 is 16.6 Å². The van der Waals surface area contributed by atoms with Gasteiger partial charge in [-0.05, 0) is 25.0 Å². The van der Waals surface area contributed by atoms with Crippen LogP contribution in [0.3, 0.4) is 0 Å². The van der Waals surface area contributed by atoms with E-state index in [1.54, 1.807) is 18.2 Å². The lowest BCUT2D eigenvalue weighted by atomic mass is 10.3. The number of nitrogens with two attached hydrogens (primary N) is 1. The molecule has 4 N–H and O–H groups in total. The molecule has 15 heavy (non-hydrogen) atoms. The molecule has 0 saturated heterocycles. The van der Waals surface area contributed by atoms with Crippen molar-refractivity contribution in [2.24, 2.45) is 10.8 Å². The first-order valence-corrected chi connectivity index (χ1v) is 4.85. The average Bonchev–Trinajstić information content (AvgIpc) is 3.04. The lowest BCUT2D eigenvalue weighted by Gasteiger charge is -2.09. The Morgan fingerprint density at radius 2 is 2.13 bits per heavy atom. The highest BCUT2D eigenvalue weighted by Crippen LogP contribution is 2.23. The van der Waals surface area contributed by atoms with Gasteiger partial charge in [0.2, 0.25) is 5.96 Å². The highest BCUT2D eigenvalue weighted by molar-refractivity contribution is 5.93. The number of halogens is 1. The molecular weight excluding hydrogens is 195 g/mol. The number of benzene rings is 1. The van der Waals surface area contributed by atoms with Crippen LogP contribution in [0.1, 0.15) is 12.8 Å². The van der Waals surface area contributed by atoms with Crippen LogP contribution in [0.4, 0.5) is 10.1 Å². The molecule has 4 nitrogen and oxygen atoms in total. The average molecular weight is 208 g/mol. The van der Waals surface area contributed by atoms with Crippen molar-refractivity contribution in [3.05, 3.63) is 30.1 Å². The van der Waals surface area contributed by atoms with E-state index in [1.165, 1.54) is 6.07 Å². The molecule has 0 heterocycles. The molecule has 0 bridgehead atoms. The molecule has 1 saturated carbocycles. The summed E-state index contributed by atoms with van der Waals surface area (Å²) in [6.45, 7) is 0. The molecule has 1 fully saturated rings. The monoisotopic (exact) mass is 208 g/mol. The van der Waals surface area contributed by atoms with Crippen LogP contribution in [-0.4, -0.2) is 12.0 Å². The molecule has 0 amide bonds. The van der Waals surface area contributed by atoms with Gasteiger partial charge in [0.1, 0.15) is 5.82 Å². The van der Waals surface area contributed by atoms with Crippen LogP contribution in [0, 0.1) is 5.82 Å². The van der Waals surface area contributed by atoms with E-state index < -0.39 is 0 Å². The predicted octanol–water partition coefficient (Wildman–Crippen LogP) is 1.22. The number of anilines is 1. The molecule has 0 aliphatic heterocycles. The van der Waals surface area contributed by atoms with Crippen molar-refractivity contribution >= 4 is 11.6 Å². The minimum Gasteiger partial charge on any atom is -0.323 e. The van der Waals surface area contributed by atoms with Crippen LogP contribution in [0.15, 0.2) is 29.3 Å². The first kappa shape index (κ1) is 9.92. The smallest absolute Gasteiger partial charge is 0.210 e. The maximum atomic E-state index is 13.3. The first-order valence-electron chi connectivity index (χ1n) is 4.85. The second kappa shape index (κ2) is 4.27. The van der Waals surface area contributed by atoms with E-state index in [0.717, 1.165) is 12.8 Å². The lowest BCUT2D eigenvalue weighted by molar-refractivity contribution is 0.632. The Bertz CT molecular complexity index is 373. The van der Waals surface area contributed by atoms with E-state index >= 15 is 0 Å². The Labute approximate surface area is 87.4 Å². The fourth-order valence-electron chi connectivity index (χ4n) is 1.18. The Morgan fingerprint density at radius 1 is 1.40 bits per heavy atom. The maximum absolute atomic E-state index is 13.3. The molecule has 1 aromatic carbocycles. The molecule has 0 radical (unpaired) electrons. The number of nitrogens with one attached hydrogen (secondary N) is 2. The van der Waals surface area contributed by atoms with Crippen LogP contribution in [0.5, 0.6) is 0 Å². The van der Waals surface area contributed by atoms with E-state index in [9.17, 15) is 4.39 Å². The topological polar surface area (TPSA) is 62.4 Å². The Hall–Kier alpha value is -1.62. The zero-order valence-corrected chi connectivity index (χ0v) is 8.20. The third-order valence-corrected chi connectivity index (χ3v) is 2.12. The minimum absolute atomic E-state index is 0.323. The molecule has 0 unspecified atom stereocenters. The number of aliphatic imine (C=N–C) groups is 1. The fourth-order valence-corrected chi connectivity index (χ4v) is 1.18. The fraction of sp³-hybridized carbons (Fsp3) is 0.300. The molecule has 1 aromatic rings. The number of guanidine groups is 1. The molecule has 2 rings (SSSR count). The van der Waals surface area contributed by atoms with Gasteiger partial charge < -0.3 is 5.32 Å². The minimum atomic E-state index is -0.323. The third-order valence-electron chi connectivity index (χ3n) is 2.12. The van der Waals surface area contributed by atoms with Crippen LogP contribution >= 0.6 is 0 Å². The lowest BCUT2D eigenvalue weighted by Crippen LogP contribution is -2.36. The summed E-state index contributed by atoms with van der Waals surface area (Å²) in [6, 6.07) is 6.73. The van der Waals surface area contributed by atoms with Crippen LogP contribution in [0.25, 0.3) is 0 Å². The summed E-state index contributed by atoms with van der Waals surface area (Å²) < 4.78 is 13.3. The van der Waals surface area contributed by atoms with Crippen molar-refractivity contribution in [1.82, 2.24) is 5.43 Å². The molecule has 1 aliphatic carbocycles. The van der Waals surface area contributed by atoms with E-state index in [0.29, 0.717) is 17.7 Å². The SMILES string of the molecule is NNC(=NC1CC1)Nc1ccccc1F. The van der Waals surface area contributed by atoms with E-state index in [-0.39, 0.29) is 5.82 Å². The van der Waals surface area contributed by atoms with Gasteiger partial charge in [-0.15, -0.1) is 0 Å². The quantitative estimate of drug-likeness (QED) is 0.296. The van der Waals surface area contributed by atoms with Gasteiger partial charge >= 0.3 is 0 Å². The van der Waals surface area contributed by atoms with Crippen LogP contribution in [-0.2, 0) is 0 Å². The van der Waals surface area contributed by atoms with Crippen molar-refractivity contribution in [2.75, 3.05) is 5.32 Å². The van der Waals surface area contributed by atoms with E-state index in [4.69, 9.17) is 5.84 Å². The molecule has 5 heteroatoms. The van der Waals surface area contributed by atoms with Gasteiger partial charge in [-0.25, -0.2) is 15.2 Å². The Morgan fingerprint density at radius 3 is 2.73 bits per heavy atom. The standard InChI is InChI=1S/C10H13FN4/c11-8-3-1-2-4-9(8)14-10(15-12)13-7-5-6-7/h1-4,7H,5-6,12H2,(H2,13,14,15). The van der Waals surface area contributed by atoms with Gasteiger partial charge in [0.15, 0.2) is 0 Å². The summed E-state index contributed by atoms with van der Waals surface area (Å²) in [5.41, 5.74) is 2.79. The summed E-state index contributed by atoms with van der Waals surface area (Å²) >= 11 is 0. The molecule has 1 aliphatic rings. The van der Waals surface area contributed by atoms with Crippen molar-refractivity contribution in [3.63, 3.8) is 0 Å². The molecule has 0 aromatic heterocycles. The molecule has 0 spiro atoms. The molecule has 0 atom stereocenters. The first-order chi connectivity index (χ1) is 7.29. The number of hydrogen-bond donors (Lipinski definition) is 3.